The van der Waals surface area contributed by atoms with Crippen LogP contribution in [0.3, 0.4) is 0 Å². The second kappa shape index (κ2) is 7.62. The SMILES string of the molecule is CCCCOC(=O)CN1CCC[C@H]1C(=O)OC(C)(C)C. The maximum Gasteiger partial charge on any atom is 0.323 e. The van der Waals surface area contributed by atoms with Crippen molar-refractivity contribution in [2.24, 2.45) is 0 Å². The molecule has 0 bridgehead atoms. The number of ether oxygens (including phenoxy) is 2. The third-order valence-electron chi connectivity index (χ3n) is 3.14. The van der Waals surface area contributed by atoms with Gasteiger partial charge in [-0.05, 0) is 46.6 Å². The Morgan fingerprint density at radius 3 is 2.60 bits per heavy atom. The summed E-state index contributed by atoms with van der Waals surface area (Å²) in [5.74, 6) is -0.495. The van der Waals surface area contributed by atoms with Crippen molar-refractivity contribution in [1.29, 1.82) is 0 Å². The summed E-state index contributed by atoms with van der Waals surface area (Å²) in [5, 5.41) is 0. The van der Waals surface area contributed by atoms with Crippen molar-refractivity contribution in [2.45, 2.75) is 65.0 Å². The number of unbranched alkanes of at least 4 members (excludes halogenated alkanes) is 1. The van der Waals surface area contributed by atoms with Gasteiger partial charge in [0, 0.05) is 0 Å². The zero-order valence-corrected chi connectivity index (χ0v) is 13.1. The molecule has 1 heterocycles. The van der Waals surface area contributed by atoms with Crippen molar-refractivity contribution in [3.63, 3.8) is 0 Å². The van der Waals surface area contributed by atoms with E-state index >= 15 is 0 Å². The molecule has 1 aliphatic heterocycles. The molecule has 0 aromatic carbocycles. The van der Waals surface area contributed by atoms with Crippen LogP contribution in [-0.4, -0.2) is 48.2 Å². The first kappa shape index (κ1) is 17.0. The van der Waals surface area contributed by atoms with Crippen molar-refractivity contribution < 1.29 is 19.1 Å². The van der Waals surface area contributed by atoms with Gasteiger partial charge in [-0.3, -0.25) is 14.5 Å². The summed E-state index contributed by atoms with van der Waals surface area (Å²) in [4.78, 5) is 25.7. The monoisotopic (exact) mass is 285 g/mol. The Labute approximate surface area is 121 Å². The Bertz CT molecular complexity index is 335. The molecule has 20 heavy (non-hydrogen) atoms. The quantitative estimate of drug-likeness (QED) is 0.553. The lowest BCUT2D eigenvalue weighted by Crippen LogP contribution is -2.43. The van der Waals surface area contributed by atoms with E-state index in [0.717, 1.165) is 32.2 Å². The predicted octanol–water partition coefficient (Wildman–Crippen LogP) is 2.14. The summed E-state index contributed by atoms with van der Waals surface area (Å²) in [6.45, 7) is 8.98. The Balaban J connectivity index is 2.44. The van der Waals surface area contributed by atoms with Gasteiger partial charge in [0.2, 0.25) is 0 Å². The van der Waals surface area contributed by atoms with Crippen LogP contribution in [0.2, 0.25) is 0 Å². The van der Waals surface area contributed by atoms with E-state index in [4.69, 9.17) is 9.47 Å². The van der Waals surface area contributed by atoms with Crippen molar-refractivity contribution in [3.8, 4) is 0 Å². The normalized spacial score (nSPS) is 19.9. The van der Waals surface area contributed by atoms with Gasteiger partial charge < -0.3 is 9.47 Å². The van der Waals surface area contributed by atoms with Gasteiger partial charge in [0.05, 0.1) is 13.2 Å². The van der Waals surface area contributed by atoms with Crippen LogP contribution in [-0.2, 0) is 19.1 Å². The summed E-state index contributed by atoms with van der Waals surface area (Å²) in [6.07, 6.45) is 3.53. The van der Waals surface area contributed by atoms with Crippen LogP contribution < -0.4 is 0 Å². The summed E-state index contributed by atoms with van der Waals surface area (Å²) < 4.78 is 10.5. The van der Waals surface area contributed by atoms with E-state index < -0.39 is 5.60 Å². The van der Waals surface area contributed by atoms with Crippen LogP contribution in [0.5, 0.6) is 0 Å². The van der Waals surface area contributed by atoms with E-state index in [-0.39, 0.29) is 24.5 Å². The van der Waals surface area contributed by atoms with E-state index in [2.05, 4.69) is 0 Å². The number of hydrogen-bond donors (Lipinski definition) is 0. The highest BCUT2D eigenvalue weighted by Crippen LogP contribution is 2.20. The molecule has 0 radical (unpaired) electrons. The first-order chi connectivity index (χ1) is 9.33. The van der Waals surface area contributed by atoms with E-state index in [1.807, 2.05) is 32.6 Å². The summed E-state index contributed by atoms with van der Waals surface area (Å²) in [7, 11) is 0. The molecule has 1 saturated heterocycles. The zero-order chi connectivity index (χ0) is 15.2. The Morgan fingerprint density at radius 2 is 2.00 bits per heavy atom. The number of esters is 2. The van der Waals surface area contributed by atoms with Gasteiger partial charge in [0.25, 0.3) is 0 Å². The van der Waals surface area contributed by atoms with Crippen molar-refractivity contribution >= 4 is 11.9 Å². The maximum absolute atomic E-state index is 12.1. The third-order valence-corrected chi connectivity index (χ3v) is 3.14. The Morgan fingerprint density at radius 1 is 1.30 bits per heavy atom. The molecule has 1 rings (SSSR count). The van der Waals surface area contributed by atoms with Crippen LogP contribution in [0.4, 0.5) is 0 Å². The average molecular weight is 285 g/mol. The molecule has 0 spiro atoms. The van der Waals surface area contributed by atoms with Crippen molar-refractivity contribution in [3.05, 3.63) is 0 Å². The minimum absolute atomic E-state index is 0.174. The van der Waals surface area contributed by atoms with E-state index in [1.165, 1.54) is 0 Å². The number of likely N-dealkylation sites (tertiary alicyclic amines) is 1. The van der Waals surface area contributed by atoms with E-state index in [9.17, 15) is 9.59 Å². The van der Waals surface area contributed by atoms with Crippen LogP contribution in [0.1, 0.15) is 53.4 Å². The largest absolute Gasteiger partial charge is 0.465 e. The minimum Gasteiger partial charge on any atom is -0.465 e. The smallest absolute Gasteiger partial charge is 0.323 e. The van der Waals surface area contributed by atoms with Gasteiger partial charge in [-0.15, -0.1) is 0 Å². The second-order valence-corrected chi connectivity index (χ2v) is 6.24. The molecule has 0 amide bonds. The molecule has 5 nitrogen and oxygen atoms in total. The topological polar surface area (TPSA) is 55.8 Å². The first-order valence-electron chi connectivity index (χ1n) is 7.46. The number of rotatable bonds is 6. The molecule has 0 N–H and O–H groups in total. The molecule has 1 fully saturated rings. The number of nitrogens with zero attached hydrogens (tertiary/aromatic N) is 1. The van der Waals surface area contributed by atoms with Crippen LogP contribution >= 0.6 is 0 Å². The fourth-order valence-corrected chi connectivity index (χ4v) is 2.19. The minimum atomic E-state index is -0.493. The standard InChI is InChI=1S/C15H27NO4/c1-5-6-10-19-13(17)11-16-9-7-8-12(16)14(18)20-15(2,3)4/h12H,5-11H2,1-4H3/t12-/m0/s1. The lowest BCUT2D eigenvalue weighted by atomic mass is 10.1. The molecule has 0 saturated carbocycles. The Kier molecular flexibility index (Phi) is 6.46. The summed E-state index contributed by atoms with van der Waals surface area (Å²) >= 11 is 0. The molecule has 0 aromatic heterocycles. The van der Waals surface area contributed by atoms with Crippen LogP contribution in [0, 0.1) is 0 Å². The van der Waals surface area contributed by atoms with Gasteiger partial charge in [0.15, 0.2) is 0 Å². The molecule has 1 aliphatic rings. The predicted molar refractivity (Wildman–Crippen MR) is 76.3 cm³/mol. The third kappa shape index (κ3) is 5.90. The van der Waals surface area contributed by atoms with Crippen LogP contribution in [0.15, 0.2) is 0 Å². The second-order valence-electron chi connectivity index (χ2n) is 6.24. The summed E-state index contributed by atoms with van der Waals surface area (Å²) in [5.41, 5.74) is -0.493. The molecular weight excluding hydrogens is 258 g/mol. The fourth-order valence-electron chi connectivity index (χ4n) is 2.19. The lowest BCUT2D eigenvalue weighted by Gasteiger charge is -2.26. The van der Waals surface area contributed by atoms with Gasteiger partial charge >= 0.3 is 11.9 Å². The number of hydrogen-bond acceptors (Lipinski definition) is 5. The van der Waals surface area contributed by atoms with Gasteiger partial charge in [-0.2, -0.15) is 0 Å². The van der Waals surface area contributed by atoms with Gasteiger partial charge in [0.1, 0.15) is 11.6 Å². The number of carbonyl (C=O) groups excluding carboxylic acids is 2. The Hall–Kier alpha value is -1.10. The molecule has 0 aromatic rings. The summed E-state index contributed by atoms with van der Waals surface area (Å²) in [6, 6.07) is -0.312. The van der Waals surface area contributed by atoms with Crippen molar-refractivity contribution in [2.75, 3.05) is 19.7 Å². The van der Waals surface area contributed by atoms with Gasteiger partial charge in [-0.25, -0.2) is 0 Å². The molecule has 5 heteroatoms. The lowest BCUT2D eigenvalue weighted by molar-refractivity contribution is -0.161. The molecule has 0 aliphatic carbocycles. The highest BCUT2D eigenvalue weighted by molar-refractivity contribution is 5.78. The fraction of sp³-hybridized carbons (Fsp3) is 0.867. The maximum atomic E-state index is 12.1. The molecule has 0 unspecified atom stereocenters. The molecular formula is C15H27NO4. The zero-order valence-electron chi connectivity index (χ0n) is 13.1. The highest BCUT2D eigenvalue weighted by atomic mass is 16.6. The van der Waals surface area contributed by atoms with Crippen LogP contribution in [0.25, 0.3) is 0 Å². The van der Waals surface area contributed by atoms with Crippen molar-refractivity contribution in [1.82, 2.24) is 4.90 Å². The first-order valence-corrected chi connectivity index (χ1v) is 7.46. The molecule has 116 valence electrons. The van der Waals surface area contributed by atoms with E-state index in [1.54, 1.807) is 0 Å². The highest BCUT2D eigenvalue weighted by Gasteiger charge is 2.35. The van der Waals surface area contributed by atoms with Gasteiger partial charge in [-0.1, -0.05) is 13.3 Å². The number of carbonyl (C=O) groups is 2. The van der Waals surface area contributed by atoms with E-state index in [0.29, 0.717) is 6.61 Å². The average Bonchev–Trinajstić information content (AvgIpc) is 2.75. The molecule has 1 atom stereocenters.